The Labute approximate surface area is 80.4 Å². The molecule has 0 spiro atoms. The summed E-state index contributed by atoms with van der Waals surface area (Å²) in [5.41, 5.74) is 0.157. The van der Waals surface area contributed by atoms with E-state index in [0.29, 0.717) is 0 Å². The third-order valence-corrected chi connectivity index (χ3v) is 0.916. The third-order valence-electron chi connectivity index (χ3n) is 0.916. The van der Waals surface area contributed by atoms with Gasteiger partial charge in [0.15, 0.2) is 0 Å². The number of hydrogen-bond donors (Lipinski definition) is 0. The molecule has 1 rings (SSSR count). The van der Waals surface area contributed by atoms with E-state index >= 15 is 0 Å². The van der Waals surface area contributed by atoms with Crippen LogP contribution in [-0.2, 0) is 0 Å². The molecule has 0 aliphatic carbocycles. The minimum Gasteiger partial charge on any atom is -0.545 e. The van der Waals surface area contributed by atoms with E-state index in [1.165, 1.54) is 24.5 Å². The van der Waals surface area contributed by atoms with E-state index < -0.39 is 5.97 Å². The number of carbonyl (C=O) groups is 1. The minimum absolute atomic E-state index is 0. The van der Waals surface area contributed by atoms with Crippen molar-refractivity contribution in [2.45, 2.75) is 0 Å². The van der Waals surface area contributed by atoms with Crippen molar-refractivity contribution in [3.05, 3.63) is 30.1 Å². The largest absolute Gasteiger partial charge is 1.00 e. The monoisotopic (exact) mass is 145 g/mol. The van der Waals surface area contributed by atoms with Crippen LogP contribution in [0.5, 0.6) is 0 Å². The fourth-order valence-electron chi connectivity index (χ4n) is 0.488. The van der Waals surface area contributed by atoms with Crippen LogP contribution in [0.3, 0.4) is 0 Å². The van der Waals surface area contributed by atoms with Gasteiger partial charge in [0.2, 0.25) is 0 Å². The van der Waals surface area contributed by atoms with Crippen molar-refractivity contribution in [3.63, 3.8) is 0 Å². The number of aromatic carboxylic acids is 1. The van der Waals surface area contributed by atoms with Gasteiger partial charge in [0.25, 0.3) is 0 Å². The molecular formula is C6H4NNaO2. The van der Waals surface area contributed by atoms with Gasteiger partial charge in [-0.05, 0) is 12.1 Å². The molecule has 0 atom stereocenters. The molecule has 0 N–H and O–H groups in total. The van der Waals surface area contributed by atoms with Gasteiger partial charge in [-0.3, -0.25) is 4.98 Å². The van der Waals surface area contributed by atoms with Crippen molar-refractivity contribution >= 4 is 5.97 Å². The van der Waals surface area contributed by atoms with Crippen molar-refractivity contribution in [1.82, 2.24) is 4.98 Å². The van der Waals surface area contributed by atoms with Crippen molar-refractivity contribution in [2.24, 2.45) is 0 Å². The van der Waals surface area contributed by atoms with Crippen LogP contribution in [0.1, 0.15) is 10.4 Å². The number of carboxylic acids is 1. The van der Waals surface area contributed by atoms with Crippen LogP contribution in [0, 0.1) is 0 Å². The quantitative estimate of drug-likeness (QED) is 0.384. The minimum atomic E-state index is -1.17. The summed E-state index contributed by atoms with van der Waals surface area (Å²) in [5.74, 6) is -1.17. The second kappa shape index (κ2) is 4.44. The van der Waals surface area contributed by atoms with Crippen LogP contribution in [0.2, 0.25) is 0 Å². The molecule has 0 bridgehead atoms. The summed E-state index contributed by atoms with van der Waals surface area (Å²) in [6.45, 7) is 0. The molecule has 0 radical (unpaired) electrons. The van der Waals surface area contributed by atoms with Crippen molar-refractivity contribution < 1.29 is 39.5 Å². The zero-order valence-corrected chi connectivity index (χ0v) is 7.57. The van der Waals surface area contributed by atoms with Crippen LogP contribution >= 0.6 is 0 Å². The van der Waals surface area contributed by atoms with Crippen molar-refractivity contribution in [1.29, 1.82) is 0 Å². The van der Waals surface area contributed by atoms with Crippen molar-refractivity contribution in [3.8, 4) is 0 Å². The van der Waals surface area contributed by atoms with Crippen molar-refractivity contribution in [2.75, 3.05) is 0 Å². The Bertz CT molecular complexity index is 212. The van der Waals surface area contributed by atoms with E-state index in [9.17, 15) is 9.90 Å². The van der Waals surface area contributed by atoms with Gasteiger partial charge in [-0.15, -0.1) is 0 Å². The van der Waals surface area contributed by atoms with E-state index in [-0.39, 0.29) is 35.1 Å². The number of nitrogens with zero attached hydrogens (tertiary/aromatic N) is 1. The summed E-state index contributed by atoms with van der Waals surface area (Å²) in [6.07, 6.45) is 2.82. The first kappa shape index (κ1) is 9.62. The normalized spacial score (nSPS) is 8.00. The molecule has 0 aliphatic rings. The number of pyridine rings is 1. The van der Waals surface area contributed by atoms with Gasteiger partial charge in [0, 0.05) is 18.0 Å². The Balaban J connectivity index is 0.000000810. The predicted octanol–water partition coefficient (Wildman–Crippen LogP) is -3.55. The zero-order chi connectivity index (χ0) is 6.69. The summed E-state index contributed by atoms with van der Waals surface area (Å²) in [4.78, 5) is 13.7. The maximum Gasteiger partial charge on any atom is 1.00 e. The summed E-state index contributed by atoms with van der Waals surface area (Å²) >= 11 is 0. The molecule has 0 amide bonds. The second-order valence-electron chi connectivity index (χ2n) is 1.52. The van der Waals surface area contributed by atoms with Crippen LogP contribution in [-0.4, -0.2) is 11.0 Å². The van der Waals surface area contributed by atoms with Crippen LogP contribution in [0.15, 0.2) is 24.5 Å². The topological polar surface area (TPSA) is 53.0 Å². The Morgan fingerprint density at radius 3 is 2.20 bits per heavy atom. The summed E-state index contributed by atoms with van der Waals surface area (Å²) in [5, 5.41) is 10.1. The first-order valence-corrected chi connectivity index (χ1v) is 2.42. The van der Waals surface area contributed by atoms with Gasteiger partial charge in [-0.25, -0.2) is 0 Å². The Kier molecular flexibility index (Phi) is 4.27. The van der Waals surface area contributed by atoms with E-state index in [0.717, 1.165) is 0 Å². The van der Waals surface area contributed by atoms with E-state index in [1.807, 2.05) is 0 Å². The first-order chi connectivity index (χ1) is 4.30. The fraction of sp³-hybridized carbons (Fsp3) is 0. The zero-order valence-electron chi connectivity index (χ0n) is 5.57. The standard InChI is InChI=1S/C6H5NO2.Na/c8-6(9)5-1-3-7-4-2-5;/h1-4H,(H,8,9);/q;+1/p-1. The third kappa shape index (κ3) is 2.47. The molecule has 46 valence electrons. The van der Waals surface area contributed by atoms with E-state index in [1.54, 1.807) is 0 Å². The number of carboxylic acid groups (broad SMARTS) is 1. The van der Waals surface area contributed by atoms with Gasteiger partial charge in [0.05, 0.1) is 5.97 Å². The summed E-state index contributed by atoms with van der Waals surface area (Å²) < 4.78 is 0. The smallest absolute Gasteiger partial charge is 0.545 e. The Morgan fingerprint density at radius 1 is 1.40 bits per heavy atom. The van der Waals surface area contributed by atoms with E-state index in [4.69, 9.17) is 0 Å². The molecule has 0 unspecified atom stereocenters. The second-order valence-corrected chi connectivity index (χ2v) is 1.52. The molecule has 10 heavy (non-hydrogen) atoms. The van der Waals surface area contributed by atoms with E-state index in [2.05, 4.69) is 4.98 Å². The molecule has 4 heteroatoms. The molecule has 1 heterocycles. The fourth-order valence-corrected chi connectivity index (χ4v) is 0.488. The van der Waals surface area contributed by atoms with Crippen LogP contribution in [0.4, 0.5) is 0 Å². The number of hydrogen-bond acceptors (Lipinski definition) is 3. The molecule has 0 aliphatic heterocycles. The first-order valence-electron chi connectivity index (χ1n) is 2.42. The number of aromatic nitrogens is 1. The average Bonchev–Trinajstić information content (AvgIpc) is 1.90. The molecule has 3 nitrogen and oxygen atoms in total. The SMILES string of the molecule is O=C([O-])c1ccncc1.[Na+]. The molecule has 1 aromatic heterocycles. The average molecular weight is 145 g/mol. The van der Waals surface area contributed by atoms with Gasteiger partial charge in [0.1, 0.15) is 0 Å². The maximum absolute atomic E-state index is 10.1. The molecule has 0 fully saturated rings. The summed E-state index contributed by atoms with van der Waals surface area (Å²) in [7, 11) is 0. The Hall–Kier alpha value is -0.380. The molecule has 0 saturated carbocycles. The van der Waals surface area contributed by atoms with Crippen LogP contribution in [0.25, 0.3) is 0 Å². The number of rotatable bonds is 1. The van der Waals surface area contributed by atoms with Crippen LogP contribution < -0.4 is 34.7 Å². The summed E-state index contributed by atoms with van der Waals surface area (Å²) in [6, 6.07) is 2.77. The molecule has 0 saturated heterocycles. The number of carbonyl (C=O) groups excluding carboxylic acids is 1. The molecule has 1 aromatic rings. The molecule has 0 aromatic carbocycles. The van der Waals surface area contributed by atoms with Gasteiger partial charge < -0.3 is 9.90 Å². The Morgan fingerprint density at radius 2 is 1.90 bits per heavy atom. The predicted molar refractivity (Wildman–Crippen MR) is 28.6 cm³/mol. The van der Waals surface area contributed by atoms with Gasteiger partial charge in [-0.2, -0.15) is 0 Å². The van der Waals surface area contributed by atoms with Gasteiger partial charge in [-0.1, -0.05) is 0 Å². The molecular weight excluding hydrogens is 141 g/mol. The maximum atomic E-state index is 10.1. The van der Waals surface area contributed by atoms with Gasteiger partial charge >= 0.3 is 29.6 Å².